The minimum Gasteiger partial charge on any atom is -0.365 e. The lowest BCUT2D eigenvalue weighted by atomic mass is 9.67. The summed E-state index contributed by atoms with van der Waals surface area (Å²) in [7, 11) is 0. The van der Waals surface area contributed by atoms with Crippen molar-refractivity contribution in [3.8, 4) is 0 Å². The Hall–Kier alpha value is -0.610. The van der Waals surface area contributed by atoms with Crippen molar-refractivity contribution in [2.24, 2.45) is 17.6 Å². The molecule has 3 rings (SSSR count). The molecule has 2 bridgehead atoms. The number of carbonyl (C=O) groups excluding carboxylic acids is 1. The summed E-state index contributed by atoms with van der Waals surface area (Å²) >= 11 is 0. The monoisotopic (exact) mass is 280 g/mol. The van der Waals surface area contributed by atoms with E-state index < -0.39 is 0 Å². The van der Waals surface area contributed by atoms with Crippen LogP contribution < -0.4 is 11.1 Å². The Balaban J connectivity index is 1.58. The van der Waals surface area contributed by atoms with Gasteiger partial charge in [-0.05, 0) is 56.8 Å². The van der Waals surface area contributed by atoms with Crippen molar-refractivity contribution in [2.75, 3.05) is 0 Å². The lowest BCUT2D eigenvalue weighted by Crippen LogP contribution is -2.55. The molecule has 114 valence electrons. The zero-order valence-corrected chi connectivity index (χ0v) is 12.5. The quantitative estimate of drug-likeness (QED) is 0.830. The van der Waals surface area contributed by atoms with E-state index in [1.54, 1.807) is 0 Å². The standard InChI is InChI=1S/C16H28N2O2/c1-2-13-6-7-14(20-13)16(19)18-15-10-4-3-5-11(15)9-12(17)8-10/h10-15H,2-9,17H2,1H3,(H,18,19). The van der Waals surface area contributed by atoms with Gasteiger partial charge in [-0.25, -0.2) is 0 Å². The van der Waals surface area contributed by atoms with Gasteiger partial charge in [-0.2, -0.15) is 0 Å². The summed E-state index contributed by atoms with van der Waals surface area (Å²) in [6.07, 6.45) is 8.87. The van der Waals surface area contributed by atoms with Gasteiger partial charge in [0.15, 0.2) is 0 Å². The van der Waals surface area contributed by atoms with Crippen molar-refractivity contribution >= 4 is 5.91 Å². The van der Waals surface area contributed by atoms with E-state index in [4.69, 9.17) is 10.5 Å². The summed E-state index contributed by atoms with van der Waals surface area (Å²) in [5.41, 5.74) is 6.14. The van der Waals surface area contributed by atoms with Crippen LogP contribution in [-0.2, 0) is 9.53 Å². The first-order valence-corrected chi connectivity index (χ1v) is 8.38. The molecule has 20 heavy (non-hydrogen) atoms. The Bertz CT molecular complexity index is 346. The van der Waals surface area contributed by atoms with E-state index in [1.807, 2.05) is 0 Å². The highest BCUT2D eigenvalue weighted by molar-refractivity contribution is 5.81. The molecular formula is C16H28N2O2. The van der Waals surface area contributed by atoms with Crippen LogP contribution in [0.25, 0.3) is 0 Å². The van der Waals surface area contributed by atoms with Gasteiger partial charge in [-0.1, -0.05) is 13.3 Å². The molecule has 2 aliphatic carbocycles. The Morgan fingerprint density at radius 1 is 1.20 bits per heavy atom. The zero-order valence-electron chi connectivity index (χ0n) is 12.5. The Labute approximate surface area is 121 Å². The molecule has 1 saturated heterocycles. The fourth-order valence-electron chi connectivity index (χ4n) is 4.48. The fourth-order valence-corrected chi connectivity index (χ4v) is 4.48. The van der Waals surface area contributed by atoms with Crippen molar-refractivity contribution in [3.63, 3.8) is 0 Å². The molecule has 3 aliphatic rings. The topological polar surface area (TPSA) is 64.4 Å². The molecule has 0 spiro atoms. The number of fused-ring (bicyclic) bond motifs is 2. The molecule has 4 atom stereocenters. The molecule has 3 N–H and O–H groups in total. The number of amides is 1. The highest BCUT2D eigenvalue weighted by Crippen LogP contribution is 2.39. The maximum atomic E-state index is 12.4. The lowest BCUT2D eigenvalue weighted by Gasteiger charge is -2.45. The third-order valence-electron chi connectivity index (χ3n) is 5.54. The van der Waals surface area contributed by atoms with Gasteiger partial charge in [-0.3, -0.25) is 4.79 Å². The van der Waals surface area contributed by atoms with Gasteiger partial charge in [0.25, 0.3) is 0 Å². The average molecular weight is 280 g/mol. The molecule has 1 amide bonds. The fraction of sp³-hybridized carbons (Fsp3) is 0.938. The Morgan fingerprint density at radius 2 is 1.90 bits per heavy atom. The molecule has 0 radical (unpaired) electrons. The predicted molar refractivity (Wildman–Crippen MR) is 78.2 cm³/mol. The number of ether oxygens (including phenoxy) is 1. The van der Waals surface area contributed by atoms with Gasteiger partial charge in [0, 0.05) is 12.1 Å². The molecule has 1 aliphatic heterocycles. The van der Waals surface area contributed by atoms with Crippen LogP contribution in [0.5, 0.6) is 0 Å². The molecule has 0 aromatic rings. The minimum absolute atomic E-state index is 0.123. The van der Waals surface area contributed by atoms with Crippen molar-refractivity contribution in [1.82, 2.24) is 5.32 Å². The molecule has 2 saturated carbocycles. The van der Waals surface area contributed by atoms with E-state index in [2.05, 4.69) is 12.2 Å². The largest absolute Gasteiger partial charge is 0.365 e. The van der Waals surface area contributed by atoms with E-state index in [0.717, 1.165) is 32.1 Å². The van der Waals surface area contributed by atoms with E-state index in [1.165, 1.54) is 19.3 Å². The van der Waals surface area contributed by atoms with E-state index >= 15 is 0 Å². The number of nitrogens with one attached hydrogen (secondary N) is 1. The van der Waals surface area contributed by atoms with Crippen LogP contribution in [0.3, 0.4) is 0 Å². The third kappa shape index (κ3) is 2.86. The maximum Gasteiger partial charge on any atom is 0.249 e. The van der Waals surface area contributed by atoms with Crippen LogP contribution in [0.1, 0.15) is 58.3 Å². The second kappa shape index (κ2) is 6.02. The van der Waals surface area contributed by atoms with E-state index in [9.17, 15) is 4.79 Å². The number of carbonyl (C=O) groups is 1. The first kappa shape index (κ1) is 14.3. The Kier molecular flexibility index (Phi) is 4.32. The van der Waals surface area contributed by atoms with Gasteiger partial charge in [0.1, 0.15) is 6.10 Å². The SMILES string of the molecule is CCC1CCC(C(=O)NC2C3CCCC2CC(N)C3)O1. The number of rotatable bonds is 3. The van der Waals surface area contributed by atoms with Crippen molar-refractivity contribution in [1.29, 1.82) is 0 Å². The normalized spacial score (nSPS) is 44.3. The smallest absolute Gasteiger partial charge is 0.249 e. The van der Waals surface area contributed by atoms with Crippen LogP contribution in [-0.4, -0.2) is 30.2 Å². The molecule has 4 nitrogen and oxygen atoms in total. The van der Waals surface area contributed by atoms with E-state index in [0.29, 0.717) is 23.9 Å². The van der Waals surface area contributed by atoms with Gasteiger partial charge in [-0.15, -0.1) is 0 Å². The van der Waals surface area contributed by atoms with E-state index in [-0.39, 0.29) is 18.1 Å². The van der Waals surface area contributed by atoms with Crippen LogP contribution in [0, 0.1) is 11.8 Å². The second-order valence-corrected chi connectivity index (χ2v) is 6.95. The van der Waals surface area contributed by atoms with Crippen molar-refractivity contribution in [3.05, 3.63) is 0 Å². The van der Waals surface area contributed by atoms with Crippen LogP contribution >= 0.6 is 0 Å². The van der Waals surface area contributed by atoms with Gasteiger partial charge >= 0.3 is 0 Å². The molecule has 4 heteroatoms. The summed E-state index contributed by atoms with van der Waals surface area (Å²) in [5, 5.41) is 3.31. The average Bonchev–Trinajstić information content (AvgIpc) is 2.88. The third-order valence-corrected chi connectivity index (χ3v) is 5.54. The second-order valence-electron chi connectivity index (χ2n) is 6.95. The highest BCUT2D eigenvalue weighted by Gasteiger charge is 2.41. The summed E-state index contributed by atoms with van der Waals surface area (Å²) < 4.78 is 5.82. The summed E-state index contributed by atoms with van der Waals surface area (Å²) in [4.78, 5) is 12.4. The first-order chi connectivity index (χ1) is 9.67. The molecule has 0 aromatic heterocycles. The summed E-state index contributed by atoms with van der Waals surface area (Å²) in [6, 6.07) is 0.686. The maximum absolute atomic E-state index is 12.4. The lowest BCUT2D eigenvalue weighted by molar-refractivity contribution is -0.134. The highest BCUT2D eigenvalue weighted by atomic mass is 16.5. The zero-order chi connectivity index (χ0) is 14.1. The number of hydrogen-bond acceptors (Lipinski definition) is 3. The Morgan fingerprint density at radius 3 is 2.50 bits per heavy atom. The van der Waals surface area contributed by atoms with Gasteiger partial charge in [0.05, 0.1) is 6.10 Å². The number of hydrogen-bond donors (Lipinski definition) is 2. The summed E-state index contributed by atoms with van der Waals surface area (Å²) in [5.74, 6) is 1.30. The van der Waals surface area contributed by atoms with Crippen LogP contribution in [0.15, 0.2) is 0 Å². The van der Waals surface area contributed by atoms with Gasteiger partial charge in [0.2, 0.25) is 5.91 Å². The summed E-state index contributed by atoms with van der Waals surface area (Å²) in [6.45, 7) is 2.12. The predicted octanol–water partition coefficient (Wildman–Crippen LogP) is 1.97. The van der Waals surface area contributed by atoms with Crippen LogP contribution in [0.4, 0.5) is 0 Å². The number of nitrogens with two attached hydrogens (primary N) is 1. The van der Waals surface area contributed by atoms with Crippen molar-refractivity contribution in [2.45, 2.75) is 82.6 Å². The molecular weight excluding hydrogens is 252 g/mol. The molecule has 3 fully saturated rings. The molecule has 4 unspecified atom stereocenters. The molecule has 1 heterocycles. The minimum atomic E-state index is -0.212. The first-order valence-electron chi connectivity index (χ1n) is 8.38. The van der Waals surface area contributed by atoms with Crippen molar-refractivity contribution < 1.29 is 9.53 Å². The van der Waals surface area contributed by atoms with Gasteiger partial charge < -0.3 is 15.8 Å². The van der Waals surface area contributed by atoms with Crippen LogP contribution in [0.2, 0.25) is 0 Å². The molecule has 0 aromatic carbocycles.